The van der Waals surface area contributed by atoms with Crippen LogP contribution in [0.25, 0.3) is 0 Å². The number of carbonyl (C=O) groups excluding carboxylic acids is 1. The minimum atomic E-state index is -0.459. The van der Waals surface area contributed by atoms with Gasteiger partial charge in [-0.25, -0.2) is 9.78 Å². The highest BCUT2D eigenvalue weighted by atomic mass is 16.5. The Bertz CT molecular complexity index is 822. The molecule has 0 saturated heterocycles. The fraction of sp³-hybridized carbons (Fsp3) is 0.188. The molecule has 1 heterocycles. The highest BCUT2D eigenvalue weighted by Crippen LogP contribution is 2.31. The van der Waals surface area contributed by atoms with Crippen molar-refractivity contribution in [3.63, 3.8) is 0 Å². The molecule has 0 aliphatic rings. The van der Waals surface area contributed by atoms with Crippen molar-refractivity contribution in [2.45, 2.75) is 0 Å². The summed E-state index contributed by atoms with van der Waals surface area (Å²) in [7, 11) is 1.30. The number of anilines is 2. The molecule has 1 aromatic heterocycles. The lowest BCUT2D eigenvalue weighted by molar-refractivity contribution is 0.0600. The van der Waals surface area contributed by atoms with Gasteiger partial charge in [-0.3, -0.25) is 0 Å². The molecule has 0 spiro atoms. The van der Waals surface area contributed by atoms with Crippen molar-refractivity contribution in [2.24, 2.45) is 0 Å². The second-order valence-electron chi connectivity index (χ2n) is 4.71. The Morgan fingerprint density at radius 3 is 2.40 bits per heavy atom. The number of ether oxygens (including phenoxy) is 2. The normalized spacial score (nSPS) is 9.56. The van der Waals surface area contributed by atoms with Crippen LogP contribution < -0.4 is 15.4 Å². The van der Waals surface area contributed by atoms with Crippen molar-refractivity contribution in [3.8, 4) is 23.8 Å². The molecule has 2 rings (SSSR count). The van der Waals surface area contributed by atoms with Gasteiger partial charge in [0.05, 0.1) is 24.8 Å². The molecule has 0 fully saturated rings. The third-order valence-corrected chi connectivity index (χ3v) is 3.14. The smallest absolute Gasteiger partial charge is 0.337 e. The third kappa shape index (κ3) is 4.12. The Morgan fingerprint density at radius 2 is 1.84 bits per heavy atom. The first-order valence-electron chi connectivity index (χ1n) is 7.06. The van der Waals surface area contributed by atoms with Gasteiger partial charge in [0.2, 0.25) is 5.88 Å². The first-order chi connectivity index (χ1) is 12.1. The van der Waals surface area contributed by atoms with Crippen LogP contribution >= 0.6 is 0 Å². The van der Waals surface area contributed by atoms with Gasteiger partial charge in [-0.1, -0.05) is 0 Å². The number of nitrogens with two attached hydrogens (primary N) is 1. The van der Waals surface area contributed by atoms with Crippen LogP contribution in [0.4, 0.5) is 11.5 Å². The molecule has 25 heavy (non-hydrogen) atoms. The Kier molecular flexibility index (Phi) is 5.69. The molecule has 2 N–H and O–H groups in total. The quantitative estimate of drug-likeness (QED) is 0.613. The highest BCUT2D eigenvalue weighted by Gasteiger charge is 2.16. The Morgan fingerprint density at radius 1 is 1.20 bits per heavy atom. The second-order valence-corrected chi connectivity index (χ2v) is 4.71. The van der Waals surface area contributed by atoms with Gasteiger partial charge in [-0.2, -0.15) is 15.5 Å². The number of hydrogen-bond donors (Lipinski definition) is 1. The van der Waals surface area contributed by atoms with Gasteiger partial charge >= 0.3 is 5.97 Å². The van der Waals surface area contributed by atoms with Crippen molar-refractivity contribution in [1.82, 2.24) is 9.97 Å². The van der Waals surface area contributed by atoms with E-state index in [-0.39, 0.29) is 30.5 Å². The molecule has 1 aromatic carbocycles. The van der Waals surface area contributed by atoms with E-state index >= 15 is 0 Å². The summed E-state index contributed by atoms with van der Waals surface area (Å²) in [5, 5.41) is 17.7. The standard InChI is InChI=1S/C16H14N6O3/c1-24-16(23)11-2-4-12(5-3-11)25-15-13(19)14(20-10-21-15)22(8-6-17)9-7-18/h2-5,10H,8-9,19H2,1H3. The molecule has 0 saturated carbocycles. The fourth-order valence-corrected chi connectivity index (χ4v) is 1.97. The summed E-state index contributed by atoms with van der Waals surface area (Å²) < 4.78 is 10.2. The SMILES string of the molecule is COC(=O)c1ccc(Oc2ncnc(N(CC#N)CC#N)c2N)cc1. The predicted molar refractivity (Wildman–Crippen MR) is 87.7 cm³/mol. The first kappa shape index (κ1) is 17.5. The second kappa shape index (κ2) is 8.13. The fourth-order valence-electron chi connectivity index (χ4n) is 1.97. The average Bonchev–Trinajstić information content (AvgIpc) is 2.63. The Hall–Kier alpha value is -3.85. The molecule has 126 valence electrons. The predicted octanol–water partition coefficient (Wildman–Crippen LogP) is 1.49. The number of aromatic nitrogens is 2. The number of nitriles is 2. The topological polar surface area (TPSA) is 138 Å². The number of methoxy groups -OCH3 is 1. The molecule has 0 atom stereocenters. The minimum Gasteiger partial charge on any atom is -0.465 e. The molecule has 9 heteroatoms. The van der Waals surface area contributed by atoms with Crippen LogP contribution in [0.15, 0.2) is 30.6 Å². The minimum absolute atomic E-state index is 0.0535. The van der Waals surface area contributed by atoms with Crippen molar-refractivity contribution < 1.29 is 14.3 Å². The molecule has 0 aliphatic heterocycles. The zero-order chi connectivity index (χ0) is 18.2. The lowest BCUT2D eigenvalue weighted by atomic mass is 10.2. The van der Waals surface area contributed by atoms with Crippen LogP contribution in [-0.4, -0.2) is 36.1 Å². The number of carbonyl (C=O) groups is 1. The summed E-state index contributed by atoms with van der Waals surface area (Å²) in [6, 6.07) is 10.1. The largest absolute Gasteiger partial charge is 0.465 e. The van der Waals surface area contributed by atoms with E-state index in [1.165, 1.54) is 30.5 Å². The summed E-state index contributed by atoms with van der Waals surface area (Å²) in [5.41, 5.74) is 6.48. The van der Waals surface area contributed by atoms with Crippen molar-refractivity contribution in [1.29, 1.82) is 10.5 Å². The first-order valence-corrected chi connectivity index (χ1v) is 7.06. The maximum Gasteiger partial charge on any atom is 0.337 e. The Labute approximate surface area is 143 Å². The summed E-state index contributed by atoms with van der Waals surface area (Å²) in [6.45, 7) is -0.107. The van der Waals surface area contributed by atoms with Crippen LogP contribution in [0.5, 0.6) is 11.6 Å². The molecule has 0 bridgehead atoms. The van der Waals surface area contributed by atoms with E-state index < -0.39 is 5.97 Å². The monoisotopic (exact) mass is 338 g/mol. The van der Waals surface area contributed by atoms with Gasteiger partial charge < -0.3 is 20.1 Å². The molecule has 0 unspecified atom stereocenters. The molecule has 0 aliphatic carbocycles. The van der Waals surface area contributed by atoms with E-state index in [2.05, 4.69) is 14.7 Å². The van der Waals surface area contributed by atoms with Gasteiger partial charge in [0.25, 0.3) is 0 Å². The Balaban J connectivity index is 2.26. The molecule has 9 nitrogen and oxygen atoms in total. The van der Waals surface area contributed by atoms with Crippen molar-refractivity contribution in [3.05, 3.63) is 36.2 Å². The van der Waals surface area contributed by atoms with E-state index in [0.717, 1.165) is 0 Å². The number of rotatable bonds is 6. The lowest BCUT2D eigenvalue weighted by Gasteiger charge is -2.19. The van der Waals surface area contributed by atoms with E-state index in [4.69, 9.17) is 21.0 Å². The van der Waals surface area contributed by atoms with Crippen LogP contribution in [-0.2, 0) is 4.74 Å². The molecular formula is C16H14N6O3. The maximum absolute atomic E-state index is 11.4. The average molecular weight is 338 g/mol. The van der Waals surface area contributed by atoms with Crippen LogP contribution in [0.3, 0.4) is 0 Å². The highest BCUT2D eigenvalue weighted by molar-refractivity contribution is 5.89. The van der Waals surface area contributed by atoms with Crippen LogP contribution in [0.1, 0.15) is 10.4 Å². The van der Waals surface area contributed by atoms with Gasteiger partial charge in [-0.15, -0.1) is 0 Å². The molecule has 2 aromatic rings. The van der Waals surface area contributed by atoms with Gasteiger partial charge in [0, 0.05) is 0 Å². The van der Waals surface area contributed by atoms with Crippen LogP contribution in [0.2, 0.25) is 0 Å². The summed E-state index contributed by atoms with van der Waals surface area (Å²) >= 11 is 0. The van der Waals surface area contributed by atoms with Crippen molar-refractivity contribution in [2.75, 3.05) is 30.8 Å². The van der Waals surface area contributed by atoms with E-state index in [1.54, 1.807) is 12.1 Å². The number of benzene rings is 1. The molecular weight excluding hydrogens is 324 g/mol. The number of nitrogen functional groups attached to an aromatic ring is 1. The zero-order valence-electron chi connectivity index (χ0n) is 13.3. The number of esters is 1. The van der Waals surface area contributed by atoms with Gasteiger partial charge in [0.15, 0.2) is 5.82 Å². The number of hydrogen-bond acceptors (Lipinski definition) is 9. The van der Waals surface area contributed by atoms with Crippen molar-refractivity contribution >= 4 is 17.5 Å². The van der Waals surface area contributed by atoms with E-state index in [1.807, 2.05) is 12.1 Å². The third-order valence-electron chi connectivity index (χ3n) is 3.14. The van der Waals surface area contributed by atoms with E-state index in [0.29, 0.717) is 11.3 Å². The molecule has 0 amide bonds. The number of nitrogens with zero attached hydrogens (tertiary/aromatic N) is 5. The van der Waals surface area contributed by atoms with Gasteiger partial charge in [-0.05, 0) is 24.3 Å². The lowest BCUT2D eigenvalue weighted by Crippen LogP contribution is -2.26. The molecule has 0 radical (unpaired) electrons. The maximum atomic E-state index is 11.4. The van der Waals surface area contributed by atoms with Gasteiger partial charge in [0.1, 0.15) is 30.9 Å². The van der Waals surface area contributed by atoms with E-state index in [9.17, 15) is 4.79 Å². The summed E-state index contributed by atoms with van der Waals surface area (Å²) in [4.78, 5) is 20.8. The summed E-state index contributed by atoms with van der Waals surface area (Å²) in [6.07, 6.45) is 1.23. The summed E-state index contributed by atoms with van der Waals surface area (Å²) in [5.74, 6) is 0.256. The van der Waals surface area contributed by atoms with Crippen LogP contribution in [0, 0.1) is 22.7 Å². The zero-order valence-corrected chi connectivity index (χ0v) is 13.3.